The Kier molecular flexibility index (Phi) is 4.83. The Hall–Kier alpha value is -1.06. The lowest BCUT2D eigenvalue weighted by Gasteiger charge is -2.61. The first-order valence-corrected chi connectivity index (χ1v) is 11.2. The highest BCUT2D eigenvalue weighted by Gasteiger charge is 2.59. The van der Waals surface area contributed by atoms with Crippen molar-refractivity contribution in [3.63, 3.8) is 0 Å². The number of carbonyl (C=O) groups excluding carboxylic acids is 1. The number of hydrogen-bond donors (Lipinski definition) is 2. The minimum Gasteiger partial charge on any atom is -0.481 e. The topological polar surface area (TPSA) is 66.4 Å². The number of fused-ring (bicyclic) bond motifs is 5. The minimum absolute atomic E-state index is 0.173. The zero-order valence-electron chi connectivity index (χ0n) is 17.3. The molecule has 4 heteroatoms. The molecule has 152 valence electrons. The molecule has 4 rings (SSSR count). The highest BCUT2D eigenvalue weighted by molar-refractivity contribution is 5.93. The van der Waals surface area contributed by atoms with Gasteiger partial charge in [-0.3, -0.25) is 9.59 Å². The molecule has 3 unspecified atom stereocenters. The maximum absolute atomic E-state index is 11.9. The van der Waals surface area contributed by atoms with Gasteiger partial charge in [-0.15, -0.1) is 0 Å². The van der Waals surface area contributed by atoms with Crippen molar-refractivity contribution in [2.24, 2.45) is 40.4 Å². The van der Waals surface area contributed by atoms with Crippen LogP contribution in [0.4, 0.5) is 0 Å². The molecule has 0 saturated heterocycles. The summed E-state index contributed by atoms with van der Waals surface area (Å²) in [6.45, 7) is 7.61. The third-order valence-corrected chi connectivity index (χ3v) is 9.82. The van der Waals surface area contributed by atoms with E-state index >= 15 is 0 Å². The van der Waals surface area contributed by atoms with E-state index in [1.54, 1.807) is 0 Å². The number of rotatable bonds is 3. The van der Waals surface area contributed by atoms with Gasteiger partial charge in [0.15, 0.2) is 0 Å². The predicted octanol–water partition coefficient (Wildman–Crippen LogP) is 4.62. The molecule has 0 aromatic heterocycles. The van der Waals surface area contributed by atoms with Gasteiger partial charge in [-0.2, -0.15) is 0 Å². The molecule has 8 atom stereocenters. The first kappa shape index (κ1) is 19.3. The quantitative estimate of drug-likeness (QED) is 0.707. The summed E-state index contributed by atoms with van der Waals surface area (Å²) in [6, 6.07) is 0.173. The lowest BCUT2D eigenvalue weighted by Crippen LogP contribution is -2.55. The number of hydrogen-bond acceptors (Lipinski definition) is 2. The van der Waals surface area contributed by atoms with Crippen LogP contribution in [0, 0.1) is 40.4 Å². The van der Waals surface area contributed by atoms with Gasteiger partial charge in [0.2, 0.25) is 5.91 Å². The molecule has 0 spiro atoms. The minimum atomic E-state index is -1.04. The number of carboxylic acids is 1. The van der Waals surface area contributed by atoms with Crippen LogP contribution in [-0.4, -0.2) is 23.0 Å². The van der Waals surface area contributed by atoms with Gasteiger partial charge >= 0.3 is 5.97 Å². The first-order valence-electron chi connectivity index (χ1n) is 11.2. The second kappa shape index (κ2) is 6.77. The zero-order valence-corrected chi connectivity index (χ0v) is 17.3. The van der Waals surface area contributed by atoms with E-state index in [1.807, 2.05) is 0 Å². The maximum Gasteiger partial charge on any atom is 0.312 e. The van der Waals surface area contributed by atoms with E-state index in [1.165, 1.54) is 44.9 Å². The van der Waals surface area contributed by atoms with Crippen LogP contribution in [-0.2, 0) is 9.59 Å². The summed E-state index contributed by atoms with van der Waals surface area (Å²) in [4.78, 5) is 22.7. The van der Waals surface area contributed by atoms with Crippen LogP contribution >= 0.6 is 0 Å². The van der Waals surface area contributed by atoms with Crippen molar-refractivity contribution in [3.05, 3.63) is 0 Å². The van der Waals surface area contributed by atoms with E-state index < -0.39 is 12.4 Å². The van der Waals surface area contributed by atoms with Crippen LogP contribution in [0.15, 0.2) is 0 Å². The summed E-state index contributed by atoms with van der Waals surface area (Å²) in [5.41, 5.74) is 0.997. The highest BCUT2D eigenvalue weighted by Crippen LogP contribution is 2.67. The third-order valence-electron chi connectivity index (χ3n) is 9.82. The van der Waals surface area contributed by atoms with E-state index in [-0.39, 0.29) is 11.9 Å². The summed E-state index contributed by atoms with van der Waals surface area (Å²) in [5, 5.41) is 11.8. The van der Waals surface area contributed by atoms with Crippen molar-refractivity contribution in [1.29, 1.82) is 0 Å². The van der Waals surface area contributed by atoms with Gasteiger partial charge in [0.1, 0.15) is 6.42 Å². The Morgan fingerprint density at radius 2 is 1.67 bits per heavy atom. The molecule has 0 aliphatic heterocycles. The monoisotopic (exact) mass is 375 g/mol. The molecule has 0 aromatic rings. The summed E-state index contributed by atoms with van der Waals surface area (Å²) in [5.74, 6) is 2.91. The van der Waals surface area contributed by atoms with E-state index in [2.05, 4.69) is 26.1 Å². The van der Waals surface area contributed by atoms with Crippen molar-refractivity contribution in [3.8, 4) is 0 Å². The molecular weight excluding hydrogens is 338 g/mol. The molecular formula is C23H37NO3. The lowest BCUT2D eigenvalue weighted by molar-refractivity contribution is -0.141. The Labute approximate surface area is 163 Å². The van der Waals surface area contributed by atoms with Crippen molar-refractivity contribution >= 4 is 11.9 Å². The smallest absolute Gasteiger partial charge is 0.312 e. The van der Waals surface area contributed by atoms with Crippen molar-refractivity contribution in [2.45, 2.75) is 91.0 Å². The second-order valence-electron chi connectivity index (χ2n) is 10.8. The summed E-state index contributed by atoms with van der Waals surface area (Å²) in [6.07, 6.45) is 11.2. The Morgan fingerprint density at radius 3 is 2.41 bits per heavy atom. The number of aliphatic carboxylic acids is 1. The fourth-order valence-corrected chi connectivity index (χ4v) is 8.07. The van der Waals surface area contributed by atoms with Gasteiger partial charge in [0, 0.05) is 6.04 Å². The largest absolute Gasteiger partial charge is 0.481 e. The van der Waals surface area contributed by atoms with Gasteiger partial charge < -0.3 is 10.4 Å². The maximum atomic E-state index is 11.9. The normalized spacial score (nSPS) is 48.9. The summed E-state index contributed by atoms with van der Waals surface area (Å²) >= 11 is 0. The van der Waals surface area contributed by atoms with Gasteiger partial charge in [-0.25, -0.2) is 0 Å². The molecule has 0 aromatic carbocycles. The van der Waals surface area contributed by atoms with Crippen LogP contribution in [0.25, 0.3) is 0 Å². The van der Waals surface area contributed by atoms with Crippen molar-refractivity contribution in [1.82, 2.24) is 5.32 Å². The standard InChI is InChI=1S/C23H37NO3/c1-14-4-7-18-17-6-5-15-12-16(24-20(25)13-21(26)27)8-10-23(15,3)19(17)9-11-22(14,18)2/h14-19H,4-13H2,1-3H3,(H,24,25)(H,26,27)/t14?,15?,16-,17+,18?,19+,22-,23+/m1/s1. The van der Waals surface area contributed by atoms with E-state index in [4.69, 9.17) is 5.11 Å². The summed E-state index contributed by atoms with van der Waals surface area (Å²) < 4.78 is 0. The van der Waals surface area contributed by atoms with E-state index in [9.17, 15) is 9.59 Å². The van der Waals surface area contributed by atoms with Crippen molar-refractivity contribution in [2.75, 3.05) is 0 Å². The number of carboxylic acid groups (broad SMARTS) is 1. The van der Waals surface area contributed by atoms with Gasteiger partial charge in [0.25, 0.3) is 0 Å². The number of nitrogens with one attached hydrogen (secondary N) is 1. The number of amides is 1. The Balaban J connectivity index is 1.45. The molecule has 4 fully saturated rings. The molecule has 0 radical (unpaired) electrons. The summed E-state index contributed by atoms with van der Waals surface area (Å²) in [7, 11) is 0. The average Bonchev–Trinajstić information content (AvgIpc) is 2.90. The third kappa shape index (κ3) is 3.11. The predicted molar refractivity (Wildman–Crippen MR) is 105 cm³/mol. The van der Waals surface area contributed by atoms with Crippen LogP contribution in [0.2, 0.25) is 0 Å². The molecule has 0 bridgehead atoms. The fraction of sp³-hybridized carbons (Fsp3) is 0.913. The van der Waals surface area contributed by atoms with E-state index in [0.29, 0.717) is 16.7 Å². The average molecular weight is 376 g/mol. The lowest BCUT2D eigenvalue weighted by atomic mass is 9.44. The van der Waals surface area contributed by atoms with Crippen molar-refractivity contribution < 1.29 is 14.7 Å². The SMILES string of the molecule is CC1CCC2[C@@H]3CCC4C[C@H](NC(=O)CC(=O)O)CC[C@]4(C)[C@H]3CC[C@]12C. The zero-order chi connectivity index (χ0) is 19.4. The Morgan fingerprint density at radius 1 is 0.963 bits per heavy atom. The van der Waals surface area contributed by atoms with E-state index in [0.717, 1.165) is 36.5 Å². The van der Waals surface area contributed by atoms with Crippen LogP contribution in [0.3, 0.4) is 0 Å². The molecule has 4 aliphatic carbocycles. The Bertz CT molecular complexity index is 619. The molecule has 27 heavy (non-hydrogen) atoms. The molecule has 2 N–H and O–H groups in total. The van der Waals surface area contributed by atoms with Crippen LogP contribution < -0.4 is 5.32 Å². The fourth-order valence-electron chi connectivity index (χ4n) is 8.07. The molecule has 4 aliphatic rings. The van der Waals surface area contributed by atoms with Gasteiger partial charge in [-0.1, -0.05) is 20.8 Å². The highest BCUT2D eigenvalue weighted by atomic mass is 16.4. The van der Waals surface area contributed by atoms with Crippen LogP contribution in [0.1, 0.15) is 85.0 Å². The molecule has 1 amide bonds. The van der Waals surface area contributed by atoms with Gasteiger partial charge in [-0.05, 0) is 98.2 Å². The molecule has 0 heterocycles. The van der Waals surface area contributed by atoms with Gasteiger partial charge in [0.05, 0.1) is 0 Å². The second-order valence-corrected chi connectivity index (χ2v) is 10.8. The number of carbonyl (C=O) groups is 2. The molecule has 4 saturated carbocycles. The first-order chi connectivity index (χ1) is 12.7. The van der Waals surface area contributed by atoms with Crippen LogP contribution in [0.5, 0.6) is 0 Å². The molecule has 4 nitrogen and oxygen atoms in total.